The first-order valence-electron chi connectivity index (χ1n) is 5.38. The number of hydrogen-bond donors (Lipinski definition) is 2. The van der Waals surface area contributed by atoms with E-state index in [0.717, 1.165) is 0 Å². The van der Waals surface area contributed by atoms with Crippen LogP contribution in [-0.2, 0) is 23.2 Å². The van der Waals surface area contributed by atoms with Gasteiger partial charge in [-0.1, -0.05) is 5.21 Å². The Balaban J connectivity index is 2.42. The third kappa shape index (κ3) is 3.42. The molecule has 0 fully saturated rings. The number of hydrogen-bond acceptors (Lipinski definition) is 5. The van der Waals surface area contributed by atoms with Gasteiger partial charge in [0.05, 0.1) is 16.7 Å². The van der Waals surface area contributed by atoms with Gasteiger partial charge in [-0.2, -0.15) is 13.2 Å². The normalized spacial score (nSPS) is 12.4. The first-order valence-corrected chi connectivity index (χ1v) is 6.87. The van der Waals surface area contributed by atoms with Gasteiger partial charge in [0.15, 0.2) is 5.82 Å². The molecule has 0 radical (unpaired) electrons. The maximum atomic E-state index is 12.6. The number of nitrogens with one attached hydrogen (secondary N) is 1. The highest BCUT2D eigenvalue weighted by molar-refractivity contribution is 7.92. The lowest BCUT2D eigenvalue weighted by Gasteiger charge is -2.10. The van der Waals surface area contributed by atoms with Crippen LogP contribution in [0.2, 0.25) is 0 Å². The Morgan fingerprint density at radius 2 is 1.95 bits per heavy atom. The predicted molar refractivity (Wildman–Crippen MR) is 64.9 cm³/mol. The summed E-state index contributed by atoms with van der Waals surface area (Å²) in [6.07, 6.45) is -3.55. The van der Waals surface area contributed by atoms with E-state index < -0.39 is 32.4 Å². The van der Waals surface area contributed by atoms with Gasteiger partial charge in [-0.25, -0.2) is 8.42 Å². The summed E-state index contributed by atoms with van der Waals surface area (Å²) >= 11 is 0. The van der Waals surface area contributed by atoms with Gasteiger partial charge in [-0.05, 0) is 12.1 Å². The number of phenolic OH excluding ortho intramolecular Hbond substituents is 1. The number of nitrogens with zero attached hydrogens (tertiary/aromatic N) is 3. The summed E-state index contributed by atoms with van der Waals surface area (Å²) in [6.45, 7) is 0. The predicted octanol–water partition coefficient (Wildman–Crippen LogP) is 1.34. The van der Waals surface area contributed by atoms with Gasteiger partial charge >= 0.3 is 6.18 Å². The van der Waals surface area contributed by atoms with Gasteiger partial charge in [0, 0.05) is 13.1 Å². The minimum atomic E-state index is -4.78. The molecule has 2 aromatic rings. The van der Waals surface area contributed by atoms with Crippen molar-refractivity contribution in [3.63, 3.8) is 0 Å². The molecule has 0 amide bonds. The second kappa shape index (κ2) is 4.91. The van der Waals surface area contributed by atoms with E-state index in [4.69, 9.17) is 0 Å². The molecule has 0 atom stereocenters. The van der Waals surface area contributed by atoms with Crippen molar-refractivity contribution in [2.45, 2.75) is 11.1 Å². The molecule has 114 valence electrons. The van der Waals surface area contributed by atoms with Crippen LogP contribution in [0.4, 0.5) is 19.0 Å². The summed E-state index contributed by atoms with van der Waals surface area (Å²) in [5.41, 5.74) is -1.28. The smallest absolute Gasteiger partial charge is 0.416 e. The molecule has 11 heteroatoms. The highest BCUT2D eigenvalue weighted by Gasteiger charge is 2.32. The molecule has 0 spiro atoms. The van der Waals surface area contributed by atoms with E-state index in [1.165, 1.54) is 17.9 Å². The third-order valence-electron chi connectivity index (χ3n) is 2.37. The highest BCUT2D eigenvalue weighted by Crippen LogP contribution is 2.33. The van der Waals surface area contributed by atoms with E-state index in [0.29, 0.717) is 18.2 Å². The maximum absolute atomic E-state index is 12.6. The van der Waals surface area contributed by atoms with Gasteiger partial charge in [0.1, 0.15) is 5.75 Å². The third-order valence-corrected chi connectivity index (χ3v) is 3.70. The van der Waals surface area contributed by atoms with E-state index in [1.807, 2.05) is 4.72 Å². The van der Waals surface area contributed by atoms with Crippen molar-refractivity contribution >= 4 is 15.8 Å². The van der Waals surface area contributed by atoms with Crippen LogP contribution in [-0.4, -0.2) is 28.5 Å². The van der Waals surface area contributed by atoms with Crippen molar-refractivity contribution in [3.05, 3.63) is 30.0 Å². The van der Waals surface area contributed by atoms with Crippen LogP contribution >= 0.6 is 0 Å². The van der Waals surface area contributed by atoms with E-state index >= 15 is 0 Å². The van der Waals surface area contributed by atoms with E-state index in [9.17, 15) is 26.7 Å². The number of sulfonamides is 1. The zero-order valence-corrected chi connectivity index (χ0v) is 11.3. The lowest BCUT2D eigenvalue weighted by Crippen LogP contribution is -2.15. The van der Waals surface area contributed by atoms with Crippen LogP contribution in [0.5, 0.6) is 5.75 Å². The molecular formula is C10H9F3N4O3S. The average Bonchev–Trinajstić information content (AvgIpc) is 2.72. The molecule has 0 saturated heterocycles. The Morgan fingerprint density at radius 3 is 2.48 bits per heavy atom. The first-order chi connectivity index (χ1) is 9.58. The second-order valence-electron chi connectivity index (χ2n) is 4.10. The van der Waals surface area contributed by atoms with Crippen molar-refractivity contribution in [3.8, 4) is 5.75 Å². The van der Waals surface area contributed by atoms with Crippen molar-refractivity contribution < 1.29 is 26.7 Å². The summed E-state index contributed by atoms with van der Waals surface area (Å²) in [6, 6.07) is 1.55. The number of rotatable bonds is 3. The van der Waals surface area contributed by atoms with Gasteiger partial charge < -0.3 is 5.11 Å². The van der Waals surface area contributed by atoms with Crippen LogP contribution in [0.3, 0.4) is 0 Å². The van der Waals surface area contributed by atoms with Gasteiger partial charge in [0.2, 0.25) is 0 Å². The molecule has 2 rings (SSSR count). The fraction of sp³-hybridized carbons (Fsp3) is 0.200. The monoisotopic (exact) mass is 322 g/mol. The lowest BCUT2D eigenvalue weighted by molar-refractivity contribution is -0.137. The highest BCUT2D eigenvalue weighted by atomic mass is 32.2. The molecule has 1 aromatic carbocycles. The average molecular weight is 322 g/mol. The quantitative estimate of drug-likeness (QED) is 0.889. The zero-order chi connectivity index (χ0) is 15.8. The summed E-state index contributed by atoms with van der Waals surface area (Å²) in [5, 5.41) is 16.2. The Hall–Kier alpha value is -2.30. The lowest BCUT2D eigenvalue weighted by atomic mass is 10.2. The number of halogens is 3. The Labute approximate surface area is 117 Å². The molecule has 7 nitrogen and oxygen atoms in total. The molecule has 21 heavy (non-hydrogen) atoms. The number of aromatic nitrogens is 3. The molecule has 0 saturated carbocycles. The van der Waals surface area contributed by atoms with Crippen molar-refractivity contribution in [2.75, 3.05) is 4.72 Å². The fourth-order valence-electron chi connectivity index (χ4n) is 1.49. The molecule has 0 aliphatic carbocycles. The first kappa shape index (κ1) is 15.1. The molecule has 0 aliphatic heterocycles. The summed E-state index contributed by atoms with van der Waals surface area (Å²) in [5.74, 6) is -0.973. The summed E-state index contributed by atoms with van der Waals surface area (Å²) in [7, 11) is -2.84. The molecule has 2 N–H and O–H groups in total. The van der Waals surface area contributed by atoms with E-state index in [1.54, 1.807) is 0 Å². The summed E-state index contributed by atoms with van der Waals surface area (Å²) in [4.78, 5) is -0.736. The molecule has 0 bridgehead atoms. The minimum absolute atomic E-state index is 0.158. The largest absolute Gasteiger partial charge is 0.508 e. The van der Waals surface area contributed by atoms with Crippen LogP contribution in [0.25, 0.3) is 0 Å². The van der Waals surface area contributed by atoms with Crippen LogP contribution in [0.1, 0.15) is 5.56 Å². The Bertz CT molecular complexity index is 770. The number of benzene rings is 1. The van der Waals surface area contributed by atoms with Crippen LogP contribution in [0, 0.1) is 0 Å². The number of alkyl halides is 3. The fourth-order valence-corrected chi connectivity index (χ4v) is 2.54. The number of aryl methyl sites for hydroxylation is 1. The van der Waals surface area contributed by atoms with Crippen LogP contribution in [0.15, 0.2) is 29.3 Å². The Kier molecular flexibility index (Phi) is 3.53. The molecule has 0 aliphatic rings. The number of anilines is 1. The molecular weight excluding hydrogens is 313 g/mol. The van der Waals surface area contributed by atoms with Gasteiger partial charge in [-0.15, -0.1) is 5.10 Å². The number of aromatic hydroxyl groups is 1. The van der Waals surface area contributed by atoms with E-state index in [2.05, 4.69) is 10.3 Å². The SMILES string of the molecule is Cn1cc(NS(=O)(=O)c2cc(O)cc(C(F)(F)F)c2)nn1. The van der Waals surface area contributed by atoms with Crippen LogP contribution < -0.4 is 4.72 Å². The molecule has 1 heterocycles. The topological polar surface area (TPSA) is 97.1 Å². The second-order valence-corrected chi connectivity index (χ2v) is 5.78. The molecule has 0 unspecified atom stereocenters. The van der Waals surface area contributed by atoms with Gasteiger partial charge in [-0.3, -0.25) is 9.40 Å². The summed E-state index contributed by atoms with van der Waals surface area (Å²) < 4.78 is 65.0. The van der Waals surface area contributed by atoms with Gasteiger partial charge in [0.25, 0.3) is 10.0 Å². The van der Waals surface area contributed by atoms with Crippen molar-refractivity contribution in [1.82, 2.24) is 15.0 Å². The van der Waals surface area contributed by atoms with Crippen molar-refractivity contribution in [2.24, 2.45) is 7.05 Å². The zero-order valence-electron chi connectivity index (χ0n) is 10.5. The molecule has 1 aromatic heterocycles. The maximum Gasteiger partial charge on any atom is 0.416 e. The minimum Gasteiger partial charge on any atom is -0.508 e. The van der Waals surface area contributed by atoms with Crippen molar-refractivity contribution in [1.29, 1.82) is 0 Å². The van der Waals surface area contributed by atoms with E-state index in [-0.39, 0.29) is 5.82 Å². The Morgan fingerprint density at radius 1 is 1.29 bits per heavy atom. The standard InChI is InChI=1S/C10H9F3N4O3S/c1-17-5-9(14-16-17)15-21(19,20)8-3-6(10(11,12)13)2-7(18)4-8/h2-5,15,18H,1H3. The number of phenols is 1.